The van der Waals surface area contributed by atoms with E-state index in [9.17, 15) is 24.3 Å². The Morgan fingerprint density at radius 3 is 1.79 bits per heavy atom. The number of alkyl halides is 4. The summed E-state index contributed by atoms with van der Waals surface area (Å²) < 4.78 is 0. The lowest BCUT2D eigenvalue weighted by Crippen LogP contribution is -2.10. The lowest BCUT2D eigenvalue weighted by molar-refractivity contribution is -0.119. The number of hydrogen-bond donors (Lipinski definition) is 1. The second kappa shape index (κ2) is 17.0. The highest BCUT2D eigenvalue weighted by atomic mass is 79.9. The predicted octanol–water partition coefficient (Wildman–Crippen LogP) is 5.20. The van der Waals surface area contributed by atoms with Gasteiger partial charge < -0.3 is 5.11 Å². The van der Waals surface area contributed by atoms with E-state index in [0.717, 1.165) is 0 Å². The molecule has 0 heterocycles. The molecular formula is C16H15Br2Cl5O5. The second-order valence-corrected chi connectivity index (χ2v) is 8.41. The molecule has 0 radical (unpaired) electrons. The Morgan fingerprint density at radius 2 is 1.54 bits per heavy atom. The van der Waals surface area contributed by atoms with E-state index in [1.807, 2.05) is 0 Å². The first-order chi connectivity index (χ1) is 12.9. The molecular weight excluding hydrogens is 609 g/mol. The van der Waals surface area contributed by atoms with Crippen molar-refractivity contribution in [3.63, 3.8) is 0 Å². The number of aliphatic hydroxyl groups excluding tert-OH is 1. The Hall–Kier alpha value is 0.270. The van der Waals surface area contributed by atoms with Crippen molar-refractivity contribution in [1.82, 2.24) is 0 Å². The van der Waals surface area contributed by atoms with Crippen LogP contribution in [0.5, 0.6) is 0 Å². The number of ketones is 1. The van der Waals surface area contributed by atoms with Gasteiger partial charge in [-0.2, -0.15) is 0 Å². The van der Waals surface area contributed by atoms with Crippen LogP contribution in [0.2, 0.25) is 0 Å². The Kier molecular flexibility index (Phi) is 18.5. The van der Waals surface area contributed by atoms with Gasteiger partial charge in [0.1, 0.15) is 5.38 Å². The number of Topliss-reactive ketones (excluding diaryl/α,β-unsaturated/α-hetero) is 1. The molecule has 1 aromatic rings. The molecule has 0 bridgehead atoms. The zero-order valence-corrected chi connectivity index (χ0v) is 21.1. The zero-order valence-electron chi connectivity index (χ0n) is 14.2. The van der Waals surface area contributed by atoms with Crippen molar-refractivity contribution in [2.75, 3.05) is 11.2 Å². The maximum absolute atomic E-state index is 11.1. The highest BCUT2D eigenvalue weighted by Crippen LogP contribution is 2.20. The summed E-state index contributed by atoms with van der Waals surface area (Å²) in [5, 5.41) is 7.37. The van der Waals surface area contributed by atoms with Crippen molar-refractivity contribution in [2.45, 2.75) is 23.2 Å². The van der Waals surface area contributed by atoms with Gasteiger partial charge in [-0.15, -0.1) is 23.2 Å². The topological polar surface area (TPSA) is 88.5 Å². The van der Waals surface area contributed by atoms with Gasteiger partial charge in [0, 0.05) is 22.3 Å². The minimum Gasteiger partial charge on any atom is -0.379 e. The number of carbonyl (C=O) groups is 4. The Balaban J connectivity index is 0. The summed E-state index contributed by atoms with van der Waals surface area (Å²) in [6.45, 7) is 1.37. The summed E-state index contributed by atoms with van der Waals surface area (Å²) in [6, 6.07) is 6.33. The summed E-state index contributed by atoms with van der Waals surface area (Å²) in [6.07, 6.45) is -1.43. The fourth-order valence-electron chi connectivity index (χ4n) is 1.30. The number of rotatable bonds is 7. The van der Waals surface area contributed by atoms with Crippen molar-refractivity contribution in [3.05, 3.63) is 35.4 Å². The highest BCUT2D eigenvalue weighted by Gasteiger charge is 2.19. The van der Waals surface area contributed by atoms with Crippen LogP contribution in [0.25, 0.3) is 0 Å². The van der Waals surface area contributed by atoms with E-state index in [1.165, 1.54) is 13.0 Å². The van der Waals surface area contributed by atoms with Crippen LogP contribution in [0.4, 0.5) is 0 Å². The minimum atomic E-state index is -1.43. The van der Waals surface area contributed by atoms with Crippen molar-refractivity contribution >= 4 is 111 Å². The third kappa shape index (κ3) is 13.5. The molecule has 158 valence electrons. The molecule has 0 saturated heterocycles. The van der Waals surface area contributed by atoms with E-state index in [1.54, 1.807) is 18.2 Å². The van der Waals surface area contributed by atoms with Crippen molar-refractivity contribution in [2.24, 2.45) is 0 Å². The van der Waals surface area contributed by atoms with Gasteiger partial charge in [-0.1, -0.05) is 56.1 Å². The molecule has 0 aliphatic rings. The number of benzene rings is 1. The first-order valence-electron chi connectivity index (χ1n) is 7.16. The lowest BCUT2D eigenvalue weighted by Gasteiger charge is -2.09. The number of carbonyl (C=O) groups excluding carboxylic acids is 4. The van der Waals surface area contributed by atoms with Gasteiger partial charge in [-0.05, 0) is 41.7 Å². The summed E-state index contributed by atoms with van der Waals surface area (Å²) >= 11 is 31.4. The quantitative estimate of drug-likeness (QED) is 0.256. The standard InChI is InChI=1S/C10H9ClO3.C3H3Br2ClO.C3H3Cl3O/c1-6(12)7-4-2-3-5-8(7)9(13)10(11)14;2*4-1-2(5)3(6)7/h2-5,9,13H,1H3;2*2H,1H2. The first kappa shape index (κ1) is 30.5. The van der Waals surface area contributed by atoms with Gasteiger partial charge in [0.2, 0.25) is 10.5 Å². The Labute approximate surface area is 204 Å². The van der Waals surface area contributed by atoms with Gasteiger partial charge in [-0.25, -0.2) is 0 Å². The summed E-state index contributed by atoms with van der Waals surface area (Å²) in [7, 11) is 0. The predicted molar refractivity (Wildman–Crippen MR) is 121 cm³/mol. The maximum Gasteiger partial charge on any atom is 0.254 e. The number of aliphatic hydroxyl groups is 1. The van der Waals surface area contributed by atoms with Crippen LogP contribution in [0.3, 0.4) is 0 Å². The van der Waals surface area contributed by atoms with E-state index >= 15 is 0 Å². The van der Waals surface area contributed by atoms with Crippen LogP contribution in [0.1, 0.15) is 28.9 Å². The first-order valence-corrected chi connectivity index (χ1v) is 11.3. The molecule has 1 N–H and O–H groups in total. The number of halogens is 7. The van der Waals surface area contributed by atoms with Crippen LogP contribution >= 0.6 is 89.9 Å². The monoisotopic (exact) mass is 620 g/mol. The van der Waals surface area contributed by atoms with Crippen molar-refractivity contribution in [1.29, 1.82) is 0 Å². The van der Waals surface area contributed by atoms with Crippen molar-refractivity contribution < 1.29 is 24.3 Å². The maximum atomic E-state index is 11.1. The van der Waals surface area contributed by atoms with Gasteiger partial charge in [0.05, 0.1) is 4.83 Å². The molecule has 5 nitrogen and oxygen atoms in total. The molecule has 0 aromatic heterocycles. The second-order valence-electron chi connectivity index (χ2n) is 4.70. The smallest absolute Gasteiger partial charge is 0.254 e. The van der Waals surface area contributed by atoms with Gasteiger partial charge in [0.25, 0.3) is 5.24 Å². The van der Waals surface area contributed by atoms with E-state index in [0.29, 0.717) is 10.9 Å². The minimum absolute atomic E-state index is 0.0733. The zero-order chi connectivity index (χ0) is 22.4. The van der Waals surface area contributed by atoms with Crippen LogP contribution in [0.15, 0.2) is 24.3 Å². The molecule has 3 unspecified atom stereocenters. The molecule has 0 saturated carbocycles. The molecule has 0 aliphatic heterocycles. The average Bonchev–Trinajstić information content (AvgIpc) is 2.66. The molecule has 28 heavy (non-hydrogen) atoms. The lowest BCUT2D eigenvalue weighted by atomic mass is 10.0. The molecule has 1 rings (SSSR count). The molecule has 1 aromatic carbocycles. The SMILES string of the molecule is CC(=O)c1ccccc1C(O)C(=O)Cl.O=C(Cl)C(Br)CBr.O=C(Cl)C(Cl)CCl. The van der Waals surface area contributed by atoms with Crippen LogP contribution in [0, 0.1) is 0 Å². The third-order valence-corrected chi connectivity index (χ3v) is 6.80. The third-order valence-electron chi connectivity index (χ3n) is 2.61. The van der Waals surface area contributed by atoms with Gasteiger partial charge in [-0.3, -0.25) is 19.2 Å². The van der Waals surface area contributed by atoms with E-state index in [4.69, 9.17) is 58.0 Å². The molecule has 0 amide bonds. The van der Waals surface area contributed by atoms with Crippen LogP contribution in [-0.2, 0) is 14.4 Å². The van der Waals surface area contributed by atoms with Crippen LogP contribution < -0.4 is 0 Å². The summed E-state index contributed by atoms with van der Waals surface area (Å²) in [5.74, 6) is -0.137. The van der Waals surface area contributed by atoms with E-state index in [-0.39, 0.29) is 27.3 Å². The van der Waals surface area contributed by atoms with Gasteiger partial charge in [0.15, 0.2) is 11.9 Å². The molecule has 0 fully saturated rings. The normalized spacial score (nSPS) is 12.9. The fourth-order valence-corrected chi connectivity index (χ4v) is 2.27. The van der Waals surface area contributed by atoms with Gasteiger partial charge >= 0.3 is 0 Å². The number of hydrogen-bond acceptors (Lipinski definition) is 5. The highest BCUT2D eigenvalue weighted by molar-refractivity contribution is 9.12. The molecule has 0 aliphatic carbocycles. The fraction of sp³-hybridized carbons (Fsp3) is 0.375. The molecule has 3 atom stereocenters. The van der Waals surface area contributed by atoms with E-state index < -0.39 is 22.0 Å². The molecule has 0 spiro atoms. The summed E-state index contributed by atoms with van der Waals surface area (Å²) in [5.41, 5.74) is 0.564. The van der Waals surface area contributed by atoms with E-state index in [2.05, 4.69) is 31.9 Å². The van der Waals surface area contributed by atoms with Crippen molar-refractivity contribution in [3.8, 4) is 0 Å². The average molecular weight is 624 g/mol. The van der Waals surface area contributed by atoms with Crippen LogP contribution in [-0.4, -0.2) is 48.0 Å². The summed E-state index contributed by atoms with van der Waals surface area (Å²) in [4.78, 5) is 41.6. The Bertz CT molecular complexity index is 655. The molecule has 12 heteroatoms. The largest absolute Gasteiger partial charge is 0.379 e. The Morgan fingerprint density at radius 1 is 1.04 bits per heavy atom.